The van der Waals surface area contributed by atoms with Gasteiger partial charge < -0.3 is 70.4 Å². The van der Waals surface area contributed by atoms with Crippen molar-refractivity contribution in [3.8, 4) is 0 Å². The maximum atomic E-state index is 14.9. The molecule has 510 valence electrons. The van der Waals surface area contributed by atoms with Crippen LogP contribution < -0.4 is 21.7 Å². The third-order valence-electron chi connectivity index (χ3n) is 15.6. The lowest BCUT2D eigenvalue weighted by molar-refractivity contribution is -0.150. The van der Waals surface area contributed by atoms with Crippen LogP contribution in [-0.4, -0.2) is 260 Å². The van der Waals surface area contributed by atoms with Gasteiger partial charge in [-0.3, -0.25) is 57.5 Å². The smallest absolute Gasteiger partial charge is 0.247 e. The van der Waals surface area contributed by atoms with Crippen LogP contribution in [0.5, 0.6) is 0 Å². The van der Waals surface area contributed by atoms with Gasteiger partial charge in [0.15, 0.2) is 0 Å². The molecule has 0 spiro atoms. The average Bonchev–Trinajstić information content (AvgIpc) is 1.34. The largest absolute Gasteiger partial charge is 0.379 e. The van der Waals surface area contributed by atoms with Crippen LogP contribution in [0.25, 0.3) is 0 Å². The number of rotatable bonds is 39. The van der Waals surface area contributed by atoms with Gasteiger partial charge in [-0.25, -0.2) is 0 Å². The van der Waals surface area contributed by atoms with E-state index in [9.17, 15) is 57.5 Å². The van der Waals surface area contributed by atoms with Crippen molar-refractivity contribution in [3.63, 3.8) is 0 Å². The third-order valence-corrected chi connectivity index (χ3v) is 15.6. The first-order chi connectivity index (χ1) is 41.9. The minimum Gasteiger partial charge on any atom is -0.379 e. The number of likely N-dealkylation sites (tertiary alicyclic amines) is 1. The second kappa shape index (κ2) is 39.1. The van der Waals surface area contributed by atoms with E-state index in [4.69, 9.17) is 15.2 Å². The van der Waals surface area contributed by atoms with Crippen LogP contribution in [-0.2, 0) is 67.0 Å². The number of piperidine rings is 1. The van der Waals surface area contributed by atoms with Gasteiger partial charge in [-0.05, 0) is 96.0 Å². The van der Waals surface area contributed by atoms with Crippen molar-refractivity contribution < 1.29 is 67.0 Å². The first-order valence-corrected chi connectivity index (χ1v) is 31.2. The molecule has 0 aromatic carbocycles. The van der Waals surface area contributed by atoms with Crippen molar-refractivity contribution in [1.29, 1.82) is 0 Å². The number of allylic oxidation sites excluding steroid dienone is 3. The molecule has 1 fully saturated rings. The molecule has 26 nitrogen and oxygen atoms in total. The van der Waals surface area contributed by atoms with E-state index in [0.29, 0.717) is 44.3 Å². The van der Waals surface area contributed by atoms with E-state index < -0.39 is 132 Å². The summed E-state index contributed by atoms with van der Waals surface area (Å²) >= 11 is 0. The highest BCUT2D eigenvalue weighted by Gasteiger charge is 2.41. The Morgan fingerprint density at radius 3 is 1.49 bits per heavy atom. The van der Waals surface area contributed by atoms with Gasteiger partial charge in [-0.15, -0.1) is 0 Å². The number of hydrogen-bond donors (Lipinski definition) is 4. The van der Waals surface area contributed by atoms with Crippen LogP contribution in [0, 0.1) is 17.8 Å². The molecule has 0 aromatic rings. The molecule has 1 aliphatic heterocycles. The Labute approximate surface area is 535 Å². The van der Waals surface area contributed by atoms with Gasteiger partial charge in [-0.1, -0.05) is 79.9 Å². The first-order valence-electron chi connectivity index (χ1n) is 31.2. The van der Waals surface area contributed by atoms with Gasteiger partial charge in [0.1, 0.15) is 48.3 Å². The monoisotopic (exact) mass is 1270 g/mol. The molecule has 1 unspecified atom stereocenters. The normalized spacial score (nSPS) is 15.3. The number of ether oxygens (including phenoxy) is 2. The predicted molar refractivity (Wildman–Crippen MR) is 343 cm³/mol. The van der Waals surface area contributed by atoms with Crippen molar-refractivity contribution in [2.24, 2.45) is 23.5 Å². The molecule has 0 bridgehead atoms. The van der Waals surface area contributed by atoms with Crippen LogP contribution in [0.3, 0.4) is 0 Å². The standard InChI is InChI=1S/C64H110N12O14/c1-21-27-45(23-3)34-52(59(84)67-47(38-89-30-22-2)61(86)73(18)49(56(65)81)31-41(4)5)72(17)55(80)37-70(15)53(78)35-46(63(88)76-28-25-24-26-29-76)66-57(82)51(33-43(8)9)75(20)62(87)48(39-90-64(11,12)13)68-58(83)50(32-42(6)7)74(19)60(85)44(10)71(16)54(79)36-69(14)40-77/h21,23,27,40-44,46-52H,1,3,22,24-26,28-39H2,2,4-20H3,(H2,65,81)(H,66,82)(H,67,84)(H,68,83)/b45-27+/t44-,46?,47-,48-,49-,50-,51-,52-/m0/s1. The highest BCUT2D eigenvalue weighted by Crippen LogP contribution is 2.21. The predicted octanol–water partition coefficient (Wildman–Crippen LogP) is 2.10. The van der Waals surface area contributed by atoms with Gasteiger partial charge in [0.05, 0.1) is 38.3 Å². The number of carbonyl (C=O) groups excluding carboxylic acids is 12. The van der Waals surface area contributed by atoms with Crippen molar-refractivity contribution in [1.82, 2.24) is 55.1 Å². The molecule has 0 saturated carbocycles. The minimum atomic E-state index is -1.49. The number of nitrogens with zero attached hydrogens (tertiary/aromatic N) is 8. The summed E-state index contributed by atoms with van der Waals surface area (Å²) in [7, 11) is 9.75. The van der Waals surface area contributed by atoms with E-state index in [1.54, 1.807) is 31.7 Å². The average molecular weight is 1270 g/mol. The number of likely N-dealkylation sites (N-methyl/N-ethyl adjacent to an activating group) is 7. The summed E-state index contributed by atoms with van der Waals surface area (Å²) in [5.74, 6) is -7.90. The van der Waals surface area contributed by atoms with Crippen LogP contribution in [0.15, 0.2) is 37.0 Å². The van der Waals surface area contributed by atoms with Gasteiger partial charge in [0, 0.05) is 75.5 Å². The number of hydrogen-bond acceptors (Lipinski definition) is 14. The lowest BCUT2D eigenvalue weighted by Gasteiger charge is -2.36. The maximum absolute atomic E-state index is 14.9. The van der Waals surface area contributed by atoms with Gasteiger partial charge >= 0.3 is 0 Å². The molecular formula is C64H110N12O14. The molecule has 0 aliphatic carbocycles. The summed E-state index contributed by atoms with van der Waals surface area (Å²) in [6, 6.07) is -10.0. The highest BCUT2D eigenvalue weighted by atomic mass is 16.5. The van der Waals surface area contributed by atoms with E-state index in [2.05, 4.69) is 29.1 Å². The second-order valence-electron chi connectivity index (χ2n) is 25.8. The van der Waals surface area contributed by atoms with Crippen molar-refractivity contribution >= 4 is 71.4 Å². The Hall–Kier alpha value is -7.22. The van der Waals surface area contributed by atoms with Crippen LogP contribution in [0.2, 0.25) is 0 Å². The molecule has 1 rings (SSSR count). The van der Waals surface area contributed by atoms with Crippen LogP contribution >= 0.6 is 0 Å². The maximum Gasteiger partial charge on any atom is 0.247 e. The molecule has 8 atom stereocenters. The molecule has 26 heteroatoms. The summed E-state index contributed by atoms with van der Waals surface area (Å²) in [5.41, 5.74) is 5.41. The topological polar surface area (TPSA) is 311 Å². The summed E-state index contributed by atoms with van der Waals surface area (Å²) in [5, 5.41) is 8.33. The lowest BCUT2D eigenvalue weighted by atomic mass is 9.99. The van der Waals surface area contributed by atoms with E-state index in [0.717, 1.165) is 26.0 Å². The second-order valence-corrected chi connectivity index (χ2v) is 25.8. The number of primary amides is 1. The van der Waals surface area contributed by atoms with Crippen molar-refractivity contribution in [3.05, 3.63) is 37.0 Å². The molecule has 90 heavy (non-hydrogen) atoms. The number of nitrogens with one attached hydrogen (secondary N) is 3. The van der Waals surface area contributed by atoms with E-state index in [1.807, 2.05) is 48.5 Å². The summed E-state index contributed by atoms with van der Waals surface area (Å²) in [6.07, 6.45) is 7.56. The van der Waals surface area contributed by atoms with Gasteiger partial charge in [0.25, 0.3) is 0 Å². The van der Waals surface area contributed by atoms with Crippen LogP contribution in [0.4, 0.5) is 0 Å². The Morgan fingerprint density at radius 2 is 1.03 bits per heavy atom. The minimum absolute atomic E-state index is 0.0150. The molecular weight excluding hydrogens is 1160 g/mol. The van der Waals surface area contributed by atoms with Gasteiger partial charge in [-0.2, -0.15) is 0 Å². The molecule has 12 amide bonds. The quantitative estimate of drug-likeness (QED) is 0.0390. The molecule has 5 N–H and O–H groups in total. The van der Waals surface area contributed by atoms with Gasteiger partial charge in [0.2, 0.25) is 71.4 Å². The summed E-state index contributed by atoms with van der Waals surface area (Å²) < 4.78 is 11.8. The molecule has 0 aromatic heterocycles. The lowest BCUT2D eigenvalue weighted by Crippen LogP contribution is -2.61. The zero-order valence-electron chi connectivity index (χ0n) is 57.3. The first kappa shape index (κ1) is 80.8. The zero-order valence-corrected chi connectivity index (χ0v) is 57.3. The van der Waals surface area contributed by atoms with E-state index >= 15 is 0 Å². The number of amides is 12. The Bertz CT molecular complexity index is 2490. The Kier molecular flexibility index (Phi) is 35.1. The molecule has 1 aliphatic rings. The van der Waals surface area contributed by atoms with Crippen molar-refractivity contribution in [2.45, 2.75) is 188 Å². The SMILES string of the molecule is C=C/C=C(\C=C)C[C@@H](C(=O)N[C@@H](COCCC)C(=O)N(C)[C@@H](CC(C)C)C(N)=O)N(C)C(=O)CN(C)C(=O)CC(NC(=O)[C@H](CC(C)C)N(C)C(=O)[C@H](COC(C)(C)C)NC(=O)[C@H](CC(C)C)N(C)C(=O)[C@H](C)N(C)C(=O)CN(C)C=O)C(=O)N1CCCCC1. The third kappa shape index (κ3) is 26.7. The van der Waals surface area contributed by atoms with E-state index in [1.165, 1.54) is 83.1 Å². The van der Waals surface area contributed by atoms with E-state index in [-0.39, 0.29) is 69.8 Å². The molecule has 1 saturated heterocycles. The Morgan fingerprint density at radius 1 is 0.578 bits per heavy atom. The van der Waals surface area contributed by atoms with Crippen LogP contribution in [0.1, 0.15) is 134 Å². The Balaban J connectivity index is 3.77. The fraction of sp³-hybridized carbons (Fsp3) is 0.719. The molecule has 1 heterocycles. The zero-order chi connectivity index (χ0) is 69.1. The molecule has 0 radical (unpaired) electrons. The van der Waals surface area contributed by atoms with Crippen molar-refractivity contribution in [2.75, 3.05) is 95.3 Å². The fourth-order valence-corrected chi connectivity index (χ4v) is 9.95. The summed E-state index contributed by atoms with van der Waals surface area (Å²) in [4.78, 5) is 177. The fourth-order valence-electron chi connectivity index (χ4n) is 9.95. The highest BCUT2D eigenvalue weighted by molar-refractivity contribution is 5.99. The number of carbonyl (C=O) groups is 12. The number of nitrogens with two attached hydrogens (primary N) is 1. The summed E-state index contributed by atoms with van der Waals surface area (Å²) in [6.45, 7) is 26.7.